The molecular weight excluding hydrogens is 529 g/mol. The molecule has 38 heavy (non-hydrogen) atoms. The van der Waals surface area contributed by atoms with Gasteiger partial charge in [-0.05, 0) is 31.5 Å². The quantitative estimate of drug-likeness (QED) is 0.359. The highest BCUT2D eigenvalue weighted by Crippen LogP contribution is 2.45. The number of hydrogen-bond acceptors (Lipinski definition) is 7. The van der Waals surface area contributed by atoms with Crippen molar-refractivity contribution in [2.24, 2.45) is 0 Å². The highest BCUT2D eigenvalue weighted by atomic mass is 35.5. The van der Waals surface area contributed by atoms with Crippen molar-refractivity contribution in [3.8, 4) is 22.6 Å². The number of benzene rings is 1. The number of carbonyl (C=O) groups excluding carboxylic acids is 1. The number of methoxy groups -OCH3 is 2. The fraction of sp³-hybridized carbons (Fsp3) is 0.370. The fourth-order valence-corrected chi connectivity index (χ4v) is 5.50. The molecule has 1 aromatic carbocycles. The summed E-state index contributed by atoms with van der Waals surface area (Å²) in [7, 11) is 4.76. The molecule has 1 fully saturated rings. The molecule has 0 radical (unpaired) electrons. The second kappa shape index (κ2) is 12.1. The van der Waals surface area contributed by atoms with Crippen LogP contribution >= 0.6 is 23.2 Å². The first-order chi connectivity index (χ1) is 18.3. The van der Waals surface area contributed by atoms with Crippen molar-refractivity contribution in [3.63, 3.8) is 0 Å². The maximum Gasteiger partial charge on any atom is 0.259 e. The lowest BCUT2D eigenvalue weighted by molar-refractivity contribution is -0.117. The topological polar surface area (TPSA) is 97.7 Å². The third-order valence-corrected chi connectivity index (χ3v) is 7.49. The number of aryl methyl sites for hydroxylation is 1. The minimum absolute atomic E-state index is 0.101. The van der Waals surface area contributed by atoms with Crippen LogP contribution in [0.2, 0.25) is 10.0 Å². The van der Waals surface area contributed by atoms with Crippen LogP contribution < -0.4 is 25.7 Å². The Morgan fingerprint density at radius 2 is 1.89 bits per heavy atom. The van der Waals surface area contributed by atoms with Gasteiger partial charge in [-0.1, -0.05) is 29.8 Å². The number of ether oxygens (including phenoxy) is 2. The largest absolute Gasteiger partial charge is 0.495 e. The molecule has 3 heterocycles. The average Bonchev–Trinajstić information content (AvgIpc) is 3.37. The normalized spacial score (nSPS) is 15.4. The van der Waals surface area contributed by atoms with Crippen LogP contribution in [0, 0.1) is 0 Å². The van der Waals surface area contributed by atoms with Crippen LogP contribution in [0.25, 0.3) is 22.0 Å². The molecule has 2 aromatic heterocycles. The van der Waals surface area contributed by atoms with Gasteiger partial charge in [0.15, 0.2) is 0 Å². The van der Waals surface area contributed by atoms with Crippen LogP contribution in [0.15, 0.2) is 41.8 Å². The average molecular weight is 560 g/mol. The number of nitrogens with one attached hydrogen (secondary N) is 2. The molecule has 4 rings (SSSR count). The lowest BCUT2D eigenvalue weighted by Crippen LogP contribution is -2.36. The van der Waals surface area contributed by atoms with Crippen LogP contribution in [0.4, 0.5) is 5.82 Å². The molecule has 1 amide bonds. The molecule has 2 N–H and O–H groups in total. The summed E-state index contributed by atoms with van der Waals surface area (Å²) in [5.74, 6) is 1.19. The lowest BCUT2D eigenvalue weighted by atomic mass is 10.0. The summed E-state index contributed by atoms with van der Waals surface area (Å²) in [5.41, 5.74) is 1.19. The number of amides is 1. The third kappa shape index (κ3) is 5.60. The van der Waals surface area contributed by atoms with E-state index in [1.54, 1.807) is 29.9 Å². The minimum Gasteiger partial charge on any atom is -0.495 e. The number of rotatable bonds is 10. The number of likely N-dealkylation sites (tertiary alicyclic amines) is 1. The van der Waals surface area contributed by atoms with Crippen LogP contribution in [0.3, 0.4) is 0 Å². The third-order valence-electron chi connectivity index (χ3n) is 6.74. The summed E-state index contributed by atoms with van der Waals surface area (Å²) in [6.45, 7) is 6.39. The van der Waals surface area contributed by atoms with Gasteiger partial charge >= 0.3 is 0 Å². The Morgan fingerprint density at radius 1 is 1.18 bits per heavy atom. The van der Waals surface area contributed by atoms with Gasteiger partial charge in [0.05, 0.1) is 35.3 Å². The van der Waals surface area contributed by atoms with Crippen molar-refractivity contribution >= 4 is 45.8 Å². The van der Waals surface area contributed by atoms with E-state index in [0.29, 0.717) is 35.0 Å². The Labute approximate surface area is 231 Å². The zero-order chi connectivity index (χ0) is 27.4. The summed E-state index contributed by atoms with van der Waals surface area (Å²) in [6, 6.07) is 5.30. The van der Waals surface area contributed by atoms with Crippen LogP contribution in [-0.4, -0.2) is 67.3 Å². The minimum atomic E-state index is -0.234. The SMILES string of the molecule is C=CC(=O)NC1CCN(CCCn2c(=O)c(-c3c(Cl)c(OC)cc(OC)c3Cl)cc3cnc(NC)cc32)C1. The van der Waals surface area contributed by atoms with Gasteiger partial charge in [0, 0.05) is 62.0 Å². The second-order valence-electron chi connectivity index (χ2n) is 9.03. The number of pyridine rings is 2. The molecule has 1 unspecified atom stereocenters. The summed E-state index contributed by atoms with van der Waals surface area (Å²) >= 11 is 13.3. The number of anilines is 1. The van der Waals surface area contributed by atoms with Crippen molar-refractivity contribution in [2.45, 2.75) is 25.4 Å². The van der Waals surface area contributed by atoms with E-state index < -0.39 is 0 Å². The molecular formula is C27H31Cl2N5O4. The van der Waals surface area contributed by atoms with Gasteiger partial charge in [0.25, 0.3) is 5.56 Å². The standard InChI is InChI=1S/C27H31Cl2N5O4/c1-5-23(35)32-17-7-10-33(15-17)8-6-9-34-19-12-22(30-2)31-14-16(19)11-18(27(34)36)24-25(28)20(37-3)13-21(38-4)26(24)29/h5,11-14,17H,1,6-10,15H2,2-4H3,(H,30,31)(H,32,35). The van der Waals surface area contributed by atoms with Gasteiger partial charge in [0.2, 0.25) is 5.91 Å². The Hall–Kier alpha value is -3.27. The van der Waals surface area contributed by atoms with E-state index in [1.165, 1.54) is 20.3 Å². The zero-order valence-electron chi connectivity index (χ0n) is 21.6. The van der Waals surface area contributed by atoms with E-state index in [2.05, 4.69) is 27.1 Å². The van der Waals surface area contributed by atoms with Gasteiger partial charge < -0.3 is 29.6 Å². The molecule has 202 valence electrons. The first-order valence-electron chi connectivity index (χ1n) is 12.3. The van der Waals surface area contributed by atoms with E-state index in [4.69, 9.17) is 32.7 Å². The summed E-state index contributed by atoms with van der Waals surface area (Å²) in [4.78, 5) is 32.3. The van der Waals surface area contributed by atoms with Crippen molar-refractivity contribution in [1.29, 1.82) is 0 Å². The highest BCUT2D eigenvalue weighted by molar-refractivity contribution is 6.41. The molecule has 1 saturated heterocycles. The van der Waals surface area contributed by atoms with Crippen molar-refractivity contribution in [2.75, 3.05) is 46.2 Å². The second-order valence-corrected chi connectivity index (χ2v) is 9.79. The Balaban J connectivity index is 1.71. The monoisotopic (exact) mass is 559 g/mol. The van der Waals surface area contributed by atoms with Crippen LogP contribution in [0.1, 0.15) is 12.8 Å². The number of nitrogens with zero attached hydrogens (tertiary/aromatic N) is 3. The number of carbonyl (C=O) groups is 1. The van der Waals surface area contributed by atoms with E-state index in [9.17, 15) is 9.59 Å². The molecule has 1 aliphatic rings. The summed E-state index contributed by atoms with van der Waals surface area (Å²) in [5, 5.41) is 7.21. The highest BCUT2D eigenvalue weighted by Gasteiger charge is 2.24. The van der Waals surface area contributed by atoms with E-state index >= 15 is 0 Å². The molecule has 0 spiro atoms. The van der Waals surface area contributed by atoms with E-state index in [-0.39, 0.29) is 27.6 Å². The van der Waals surface area contributed by atoms with Crippen LogP contribution in [0.5, 0.6) is 11.5 Å². The number of halogens is 2. The predicted molar refractivity (Wildman–Crippen MR) is 152 cm³/mol. The summed E-state index contributed by atoms with van der Waals surface area (Å²) in [6.07, 6.45) is 4.61. The van der Waals surface area contributed by atoms with Gasteiger partial charge in [0.1, 0.15) is 17.3 Å². The van der Waals surface area contributed by atoms with Gasteiger partial charge in [-0.3, -0.25) is 9.59 Å². The van der Waals surface area contributed by atoms with Crippen LogP contribution in [-0.2, 0) is 11.3 Å². The Morgan fingerprint density at radius 3 is 2.53 bits per heavy atom. The van der Waals surface area contributed by atoms with E-state index in [0.717, 1.165) is 43.4 Å². The lowest BCUT2D eigenvalue weighted by Gasteiger charge is -2.19. The van der Waals surface area contributed by atoms with Crippen molar-refractivity contribution in [1.82, 2.24) is 19.8 Å². The van der Waals surface area contributed by atoms with Crippen molar-refractivity contribution in [3.05, 3.63) is 57.4 Å². The number of aromatic nitrogens is 2. The summed E-state index contributed by atoms with van der Waals surface area (Å²) < 4.78 is 12.6. The maximum atomic E-state index is 14.0. The van der Waals surface area contributed by atoms with E-state index in [1.807, 2.05) is 6.07 Å². The zero-order valence-corrected chi connectivity index (χ0v) is 23.2. The maximum absolute atomic E-state index is 14.0. The molecule has 1 atom stereocenters. The number of fused-ring (bicyclic) bond motifs is 1. The Bertz CT molecular complexity index is 1400. The molecule has 3 aromatic rings. The van der Waals surface area contributed by atoms with Crippen molar-refractivity contribution < 1.29 is 14.3 Å². The molecule has 0 saturated carbocycles. The molecule has 11 heteroatoms. The molecule has 0 bridgehead atoms. The predicted octanol–water partition coefficient (Wildman–Crippen LogP) is 4.20. The fourth-order valence-electron chi connectivity index (χ4n) is 4.80. The molecule has 1 aliphatic heterocycles. The van der Waals surface area contributed by atoms with Gasteiger partial charge in [-0.25, -0.2) is 4.98 Å². The first-order valence-corrected chi connectivity index (χ1v) is 13.0. The van der Waals surface area contributed by atoms with Gasteiger partial charge in [-0.15, -0.1) is 0 Å². The van der Waals surface area contributed by atoms with Gasteiger partial charge in [-0.2, -0.15) is 0 Å². The molecule has 0 aliphatic carbocycles. The first kappa shape index (κ1) is 27.8. The Kier molecular flexibility index (Phi) is 8.81. The molecule has 9 nitrogen and oxygen atoms in total. The smallest absolute Gasteiger partial charge is 0.259 e. The number of hydrogen-bond donors (Lipinski definition) is 2.